The molecule has 0 aromatic heterocycles. The molecule has 218 valence electrons. The van der Waals surface area contributed by atoms with Crippen LogP contribution in [0.25, 0.3) is 0 Å². The molecule has 0 heterocycles. The third kappa shape index (κ3) is 7.38. The molecule has 4 aromatic rings. The van der Waals surface area contributed by atoms with Crippen molar-refractivity contribution in [1.82, 2.24) is 0 Å². The van der Waals surface area contributed by atoms with Gasteiger partial charge in [-0.15, -0.1) is 0 Å². The van der Waals surface area contributed by atoms with E-state index >= 15 is 0 Å². The van der Waals surface area contributed by atoms with E-state index in [1.165, 1.54) is 18.2 Å². The van der Waals surface area contributed by atoms with Gasteiger partial charge in [0.1, 0.15) is 0 Å². The van der Waals surface area contributed by atoms with Gasteiger partial charge in [0, 0.05) is 38.3 Å². The second-order valence-electron chi connectivity index (χ2n) is 10.3. The molecule has 1 fully saturated rings. The first-order valence-electron chi connectivity index (χ1n) is 14.0. The summed E-state index contributed by atoms with van der Waals surface area (Å²) in [5.41, 5.74) is 9.54. The molecule has 1 aliphatic rings. The van der Waals surface area contributed by atoms with E-state index in [1.54, 1.807) is 48.5 Å². The van der Waals surface area contributed by atoms with Crippen molar-refractivity contribution in [1.29, 1.82) is 0 Å². The highest BCUT2D eigenvalue weighted by atomic mass is 35.5. The van der Waals surface area contributed by atoms with Crippen LogP contribution in [0.2, 0.25) is 10.0 Å². The molecular weight excluding hydrogens is 583 g/mol. The van der Waals surface area contributed by atoms with E-state index in [4.69, 9.17) is 33.9 Å². The molecule has 0 spiro atoms. The number of rotatable bonds is 7. The number of aliphatic imine (C=N–C) groups is 1. The first kappa shape index (κ1) is 30.2. The lowest BCUT2D eigenvalue weighted by atomic mass is 9.90. The number of nitrogens with two attached hydrogens (primary N) is 1. The predicted molar refractivity (Wildman–Crippen MR) is 172 cm³/mol. The number of amides is 2. The molecule has 5 rings (SSSR count). The van der Waals surface area contributed by atoms with Crippen LogP contribution in [0.5, 0.6) is 0 Å². The van der Waals surface area contributed by atoms with Crippen molar-refractivity contribution in [3.8, 4) is 0 Å². The molecule has 1 aliphatic carbocycles. The van der Waals surface area contributed by atoms with Crippen LogP contribution in [0.3, 0.4) is 0 Å². The zero-order valence-corrected chi connectivity index (χ0v) is 24.7. The van der Waals surface area contributed by atoms with Crippen LogP contribution in [-0.2, 0) is 9.59 Å². The lowest BCUT2D eigenvalue weighted by Crippen LogP contribution is -2.37. The van der Waals surface area contributed by atoms with Crippen molar-refractivity contribution in [3.05, 3.63) is 129 Å². The summed E-state index contributed by atoms with van der Waals surface area (Å²) < 4.78 is 0. The summed E-state index contributed by atoms with van der Waals surface area (Å²) in [6.07, 6.45) is 3.83. The number of ketones is 1. The normalized spacial score (nSPS) is 16.8. The van der Waals surface area contributed by atoms with Gasteiger partial charge in [-0.1, -0.05) is 96.7 Å². The van der Waals surface area contributed by atoms with E-state index in [9.17, 15) is 14.4 Å². The highest BCUT2D eigenvalue weighted by molar-refractivity contribution is 6.44. The number of carbonyl (C=O) groups is 3. The Hall–Kier alpha value is -4.30. The Bertz CT molecular complexity index is 1680. The van der Waals surface area contributed by atoms with E-state index in [2.05, 4.69) is 10.6 Å². The fourth-order valence-corrected chi connectivity index (χ4v) is 5.44. The van der Waals surface area contributed by atoms with Crippen molar-refractivity contribution in [2.75, 3.05) is 10.6 Å². The molecule has 0 saturated heterocycles. The first-order valence-corrected chi connectivity index (χ1v) is 14.8. The average Bonchev–Trinajstić information content (AvgIpc) is 3.03. The monoisotopic (exact) mass is 612 g/mol. The number of carbonyl (C=O) groups excluding carboxylic acids is 3. The molecule has 2 unspecified atom stereocenters. The van der Waals surface area contributed by atoms with Gasteiger partial charge in [-0.05, 0) is 49.2 Å². The summed E-state index contributed by atoms with van der Waals surface area (Å²) in [6.45, 7) is 0. The van der Waals surface area contributed by atoms with Gasteiger partial charge < -0.3 is 16.4 Å². The van der Waals surface area contributed by atoms with Gasteiger partial charge in [-0.3, -0.25) is 19.4 Å². The summed E-state index contributed by atoms with van der Waals surface area (Å²) in [4.78, 5) is 44.7. The van der Waals surface area contributed by atoms with Crippen molar-refractivity contribution in [2.45, 2.75) is 37.8 Å². The molecule has 0 radical (unpaired) electrons. The Balaban J connectivity index is 1.44. The van der Waals surface area contributed by atoms with Gasteiger partial charge in [-0.25, -0.2) is 0 Å². The molecule has 43 heavy (non-hydrogen) atoms. The summed E-state index contributed by atoms with van der Waals surface area (Å²) >= 11 is 12.6. The number of anilines is 2. The Morgan fingerprint density at radius 3 is 1.77 bits per heavy atom. The third-order valence-corrected chi connectivity index (χ3v) is 7.80. The number of hydrogen-bond donors (Lipinski definition) is 3. The molecule has 0 aliphatic heterocycles. The second kappa shape index (κ2) is 13.8. The van der Waals surface area contributed by atoms with Gasteiger partial charge in [0.15, 0.2) is 5.78 Å². The molecule has 9 heteroatoms. The number of nitrogens with one attached hydrogen (secondary N) is 2. The van der Waals surface area contributed by atoms with Crippen molar-refractivity contribution in [2.24, 2.45) is 10.7 Å². The summed E-state index contributed by atoms with van der Waals surface area (Å²) in [7, 11) is 0. The SMILES string of the molecule is NC1CCCCC1N=C(c1ccccc1)c1cc(Cl)ccc1NC(=O)C(=O)Nc1ccc(Cl)cc1C(=O)c1ccccc1. The number of nitrogens with zero attached hydrogens (tertiary/aromatic N) is 1. The number of benzene rings is 4. The number of halogens is 2. The number of hydrogen-bond acceptors (Lipinski definition) is 5. The van der Waals surface area contributed by atoms with Crippen molar-refractivity contribution in [3.63, 3.8) is 0 Å². The Morgan fingerprint density at radius 1 is 0.674 bits per heavy atom. The summed E-state index contributed by atoms with van der Waals surface area (Å²) in [5, 5.41) is 6.05. The topological polar surface area (TPSA) is 114 Å². The molecule has 7 nitrogen and oxygen atoms in total. The maximum Gasteiger partial charge on any atom is 0.314 e. The Morgan fingerprint density at radius 2 is 1.19 bits per heavy atom. The molecule has 1 saturated carbocycles. The maximum atomic E-state index is 13.2. The maximum absolute atomic E-state index is 13.2. The Labute approximate surface area is 260 Å². The van der Waals surface area contributed by atoms with Crippen LogP contribution in [0.1, 0.15) is 52.7 Å². The predicted octanol–water partition coefficient (Wildman–Crippen LogP) is 6.91. The van der Waals surface area contributed by atoms with Crippen LogP contribution in [-0.4, -0.2) is 35.4 Å². The molecule has 2 amide bonds. The Kier molecular flexibility index (Phi) is 9.67. The summed E-state index contributed by atoms with van der Waals surface area (Å²) in [6, 6.07) is 27.5. The van der Waals surface area contributed by atoms with E-state index < -0.39 is 11.8 Å². The van der Waals surface area contributed by atoms with Crippen LogP contribution in [0.4, 0.5) is 11.4 Å². The van der Waals surface area contributed by atoms with Crippen LogP contribution in [0.15, 0.2) is 102 Å². The van der Waals surface area contributed by atoms with Gasteiger partial charge in [0.05, 0.1) is 23.1 Å². The fraction of sp³-hybridized carbons (Fsp3) is 0.176. The minimum absolute atomic E-state index is 0.0809. The van der Waals surface area contributed by atoms with E-state index in [0.29, 0.717) is 32.6 Å². The van der Waals surface area contributed by atoms with Crippen molar-refractivity contribution >= 4 is 57.9 Å². The van der Waals surface area contributed by atoms with Crippen LogP contribution < -0.4 is 16.4 Å². The van der Waals surface area contributed by atoms with E-state index in [0.717, 1.165) is 31.2 Å². The first-order chi connectivity index (χ1) is 20.8. The average molecular weight is 614 g/mol. The molecule has 4 N–H and O–H groups in total. The zero-order chi connectivity index (χ0) is 30.3. The van der Waals surface area contributed by atoms with Gasteiger partial charge in [0.2, 0.25) is 0 Å². The van der Waals surface area contributed by atoms with Gasteiger partial charge in [0.25, 0.3) is 0 Å². The van der Waals surface area contributed by atoms with E-state index in [1.807, 2.05) is 30.3 Å². The quantitative estimate of drug-likeness (QED) is 0.119. The fourth-order valence-electron chi connectivity index (χ4n) is 5.10. The minimum Gasteiger partial charge on any atom is -0.326 e. The second-order valence-corrected chi connectivity index (χ2v) is 11.2. The lowest BCUT2D eigenvalue weighted by Gasteiger charge is -2.27. The van der Waals surface area contributed by atoms with E-state index in [-0.39, 0.29) is 29.1 Å². The summed E-state index contributed by atoms with van der Waals surface area (Å²) in [5.74, 6) is -2.24. The standard InChI is InChI=1S/C34H30Cl2N4O3/c35-23-15-17-28(25(19-23)31(21-9-3-1-4-10-21)38-30-14-8-7-13-27(30)37)39-33(42)34(43)40-29-18-16-24(36)20-26(29)32(41)22-11-5-2-6-12-22/h1-6,9-12,15-20,27,30H,7-8,13-14,37H2,(H,39,42)(H,40,43). The van der Waals surface area contributed by atoms with Gasteiger partial charge in [-0.2, -0.15) is 0 Å². The van der Waals surface area contributed by atoms with Crippen LogP contribution in [0, 0.1) is 0 Å². The largest absolute Gasteiger partial charge is 0.326 e. The van der Waals surface area contributed by atoms with Crippen molar-refractivity contribution < 1.29 is 14.4 Å². The highest BCUT2D eigenvalue weighted by Crippen LogP contribution is 2.28. The molecule has 4 aromatic carbocycles. The lowest BCUT2D eigenvalue weighted by molar-refractivity contribution is -0.133. The highest BCUT2D eigenvalue weighted by Gasteiger charge is 2.25. The smallest absolute Gasteiger partial charge is 0.314 e. The van der Waals surface area contributed by atoms with Crippen LogP contribution >= 0.6 is 23.2 Å². The third-order valence-electron chi connectivity index (χ3n) is 7.33. The minimum atomic E-state index is -0.960. The molecule has 2 atom stereocenters. The molecular formula is C34H30Cl2N4O3. The zero-order valence-electron chi connectivity index (χ0n) is 23.2. The van der Waals surface area contributed by atoms with Gasteiger partial charge >= 0.3 is 11.8 Å². The molecule has 0 bridgehead atoms.